The summed E-state index contributed by atoms with van der Waals surface area (Å²) in [4.78, 5) is 11.9. The smallest absolute Gasteiger partial charge is 0.273 e. The van der Waals surface area contributed by atoms with Gasteiger partial charge in [0.2, 0.25) is 5.91 Å². The minimum atomic E-state index is -3.91. The second-order valence-corrected chi connectivity index (χ2v) is 8.49. The number of hydrogen-bond donors (Lipinski definition) is 0. The Morgan fingerprint density at radius 1 is 1.27 bits per heavy atom. The van der Waals surface area contributed by atoms with Crippen molar-refractivity contribution in [3.05, 3.63) is 0 Å². The van der Waals surface area contributed by atoms with Crippen LogP contribution in [-0.4, -0.2) is 34.3 Å². The molecule has 8 heteroatoms. The normalized spacial score (nSPS) is 41.0. The second-order valence-electron chi connectivity index (χ2n) is 3.75. The Labute approximate surface area is 109 Å². The maximum absolute atomic E-state index is 11.5. The fourth-order valence-corrected chi connectivity index (χ4v) is 4.76. The van der Waals surface area contributed by atoms with Crippen LogP contribution in [0.2, 0.25) is 0 Å². The number of hydrogen-bond acceptors (Lipinski definition) is 3. The molecule has 0 radical (unpaired) electrons. The van der Waals surface area contributed by atoms with Gasteiger partial charge in [-0.15, -0.1) is 0 Å². The highest BCUT2D eigenvalue weighted by atomic mass is 79.9. The molecule has 1 saturated carbocycles. The molecular formula is C7H8Br2ClNO3S. The van der Waals surface area contributed by atoms with Crippen molar-refractivity contribution in [3.8, 4) is 0 Å². The highest BCUT2D eigenvalue weighted by Gasteiger charge is 2.56. The molecule has 1 aliphatic heterocycles. The molecule has 4 nitrogen and oxygen atoms in total. The molecule has 0 unspecified atom stereocenters. The molecule has 2 rings (SSSR count). The Kier molecular flexibility index (Phi) is 3.12. The Balaban J connectivity index is 2.20. The molecule has 0 N–H and O–H groups in total. The third-order valence-corrected chi connectivity index (χ3v) is 6.97. The van der Waals surface area contributed by atoms with Gasteiger partial charge in [-0.25, -0.2) is 4.31 Å². The van der Waals surface area contributed by atoms with E-state index < -0.39 is 9.24 Å². The van der Waals surface area contributed by atoms with Crippen LogP contribution in [0, 0.1) is 5.92 Å². The third kappa shape index (κ3) is 1.96. The minimum absolute atomic E-state index is 0.174. The van der Waals surface area contributed by atoms with Crippen LogP contribution in [0.15, 0.2) is 0 Å². The summed E-state index contributed by atoms with van der Waals surface area (Å²) in [6.07, 6.45) is 1.26. The zero-order valence-electron chi connectivity index (χ0n) is 7.44. The van der Waals surface area contributed by atoms with Gasteiger partial charge in [-0.1, -0.05) is 31.9 Å². The number of carbonyl (C=O) groups excluding carboxylic acids is 1. The van der Waals surface area contributed by atoms with Crippen LogP contribution < -0.4 is 0 Å². The van der Waals surface area contributed by atoms with Crippen molar-refractivity contribution in [2.24, 2.45) is 5.92 Å². The molecule has 1 saturated heterocycles. The lowest BCUT2D eigenvalue weighted by atomic mass is 9.78. The number of nitrogens with zero attached hydrogens (tertiary/aromatic N) is 1. The van der Waals surface area contributed by atoms with Gasteiger partial charge in [0.15, 0.2) is 0 Å². The van der Waals surface area contributed by atoms with Gasteiger partial charge in [-0.05, 0) is 12.8 Å². The summed E-state index contributed by atoms with van der Waals surface area (Å²) < 4.78 is 23.0. The van der Waals surface area contributed by atoms with E-state index in [-0.39, 0.29) is 27.5 Å². The molecule has 0 bridgehead atoms. The number of carbonyl (C=O) groups is 1. The maximum atomic E-state index is 11.5. The first-order valence-electron chi connectivity index (χ1n) is 4.38. The summed E-state index contributed by atoms with van der Waals surface area (Å²) in [6, 6.07) is -0.266. The molecule has 4 atom stereocenters. The first-order chi connectivity index (χ1) is 6.82. The van der Waals surface area contributed by atoms with Crippen molar-refractivity contribution in [2.45, 2.75) is 28.5 Å². The van der Waals surface area contributed by atoms with E-state index in [1.54, 1.807) is 0 Å². The summed E-state index contributed by atoms with van der Waals surface area (Å²) in [6.45, 7) is 0. The lowest BCUT2D eigenvalue weighted by Gasteiger charge is -2.49. The number of fused-ring (bicyclic) bond motifs is 1. The molecule has 15 heavy (non-hydrogen) atoms. The standard InChI is InChI=1S/C7H8Br2ClNO3S/c8-4-1-3-6(2-5(4)9)11(7(3)12)15(10,13)14/h3-6H,1-2H2/t3-,4+,5-,6-/m1/s1. The second kappa shape index (κ2) is 3.85. The summed E-state index contributed by atoms with van der Waals surface area (Å²) in [5, 5.41) is 0. The number of alkyl halides is 2. The molecule has 86 valence electrons. The largest absolute Gasteiger partial charge is 0.324 e. The van der Waals surface area contributed by atoms with E-state index in [1.165, 1.54) is 0 Å². The highest BCUT2D eigenvalue weighted by molar-refractivity contribution is 9.12. The molecule has 2 aliphatic rings. The topological polar surface area (TPSA) is 54.5 Å². The van der Waals surface area contributed by atoms with Crippen molar-refractivity contribution < 1.29 is 13.2 Å². The van der Waals surface area contributed by atoms with Gasteiger partial charge >= 0.3 is 9.24 Å². The molecular weight excluding hydrogens is 373 g/mol. The van der Waals surface area contributed by atoms with Gasteiger partial charge < -0.3 is 0 Å². The van der Waals surface area contributed by atoms with Gasteiger partial charge in [-0.3, -0.25) is 4.79 Å². The van der Waals surface area contributed by atoms with Gasteiger partial charge in [0.05, 0.1) is 12.0 Å². The van der Waals surface area contributed by atoms with Crippen molar-refractivity contribution >= 4 is 57.7 Å². The van der Waals surface area contributed by atoms with Gasteiger partial charge in [0.1, 0.15) is 0 Å². The van der Waals surface area contributed by atoms with Crippen molar-refractivity contribution in [1.82, 2.24) is 4.31 Å². The van der Waals surface area contributed by atoms with Crippen LogP contribution in [0.1, 0.15) is 12.8 Å². The average molecular weight is 381 g/mol. The zero-order valence-corrected chi connectivity index (χ0v) is 12.2. The first kappa shape index (κ1) is 12.1. The summed E-state index contributed by atoms with van der Waals surface area (Å²) >= 11 is 6.90. The molecule has 2 fully saturated rings. The summed E-state index contributed by atoms with van der Waals surface area (Å²) in [7, 11) is 1.28. The van der Waals surface area contributed by atoms with Crippen LogP contribution >= 0.6 is 42.5 Å². The van der Waals surface area contributed by atoms with Gasteiger partial charge in [0, 0.05) is 20.3 Å². The Hall–Kier alpha value is 0.670. The third-order valence-electron chi connectivity index (χ3n) is 2.87. The molecule has 0 aromatic rings. The molecule has 0 aromatic carbocycles. The Bertz CT molecular complexity index is 401. The van der Waals surface area contributed by atoms with E-state index in [0.717, 1.165) is 4.31 Å². The fourth-order valence-electron chi connectivity index (χ4n) is 2.13. The zero-order chi connectivity index (χ0) is 11.4. The highest BCUT2D eigenvalue weighted by Crippen LogP contribution is 2.45. The molecule has 0 spiro atoms. The van der Waals surface area contributed by atoms with Crippen LogP contribution in [-0.2, 0) is 14.0 Å². The van der Waals surface area contributed by atoms with Crippen LogP contribution in [0.3, 0.4) is 0 Å². The Morgan fingerprint density at radius 3 is 2.33 bits per heavy atom. The number of halogens is 3. The van der Waals surface area contributed by atoms with Crippen molar-refractivity contribution in [2.75, 3.05) is 0 Å². The fraction of sp³-hybridized carbons (Fsp3) is 0.857. The van der Waals surface area contributed by atoms with Crippen LogP contribution in [0.4, 0.5) is 0 Å². The molecule has 0 aromatic heterocycles. The predicted molar refractivity (Wildman–Crippen MR) is 63.6 cm³/mol. The number of amides is 1. The first-order valence-corrected chi connectivity index (χ1v) is 8.48. The van der Waals surface area contributed by atoms with Crippen molar-refractivity contribution in [3.63, 3.8) is 0 Å². The van der Waals surface area contributed by atoms with Gasteiger partial charge in [-0.2, -0.15) is 8.42 Å². The van der Waals surface area contributed by atoms with Crippen LogP contribution in [0.5, 0.6) is 0 Å². The monoisotopic (exact) mass is 379 g/mol. The minimum Gasteiger partial charge on any atom is -0.273 e. The van der Waals surface area contributed by atoms with Gasteiger partial charge in [0.25, 0.3) is 0 Å². The number of β-lactam (4-membered cyclic amide) rings is 1. The summed E-state index contributed by atoms with van der Waals surface area (Å²) in [5.41, 5.74) is 0. The SMILES string of the molecule is O=C1[C@@H]2C[C@H](Br)[C@H](Br)C[C@H]2N1S(=O)(=O)Cl. The quantitative estimate of drug-likeness (QED) is 0.394. The molecule has 1 aliphatic carbocycles. The van der Waals surface area contributed by atoms with E-state index in [0.29, 0.717) is 12.8 Å². The van der Waals surface area contributed by atoms with E-state index in [2.05, 4.69) is 31.9 Å². The molecule has 1 amide bonds. The summed E-state index contributed by atoms with van der Waals surface area (Å²) in [5.74, 6) is -0.574. The number of rotatable bonds is 1. The van der Waals surface area contributed by atoms with E-state index in [1.807, 2.05) is 0 Å². The Morgan fingerprint density at radius 2 is 1.80 bits per heavy atom. The van der Waals surface area contributed by atoms with Crippen LogP contribution in [0.25, 0.3) is 0 Å². The lowest BCUT2D eigenvalue weighted by Crippen LogP contribution is -2.65. The molecule has 1 heterocycles. The van der Waals surface area contributed by atoms with E-state index in [4.69, 9.17) is 10.7 Å². The average Bonchev–Trinajstić information content (AvgIpc) is 2.08. The predicted octanol–water partition coefficient (Wildman–Crippen LogP) is 1.62. The van der Waals surface area contributed by atoms with Crippen molar-refractivity contribution in [1.29, 1.82) is 0 Å². The van der Waals surface area contributed by atoms with E-state index >= 15 is 0 Å². The maximum Gasteiger partial charge on any atom is 0.324 e. The van der Waals surface area contributed by atoms with E-state index in [9.17, 15) is 13.2 Å². The lowest BCUT2D eigenvalue weighted by molar-refractivity contribution is -0.148.